The first kappa shape index (κ1) is 31.5. The van der Waals surface area contributed by atoms with E-state index in [0.717, 1.165) is 6.42 Å². The monoisotopic (exact) mass is 650 g/mol. The number of hydrogen-bond donors (Lipinski definition) is 0. The van der Waals surface area contributed by atoms with E-state index in [9.17, 15) is 0 Å². The van der Waals surface area contributed by atoms with Crippen LogP contribution in [0.5, 0.6) is 0 Å². The molecular weight excluding hydrogens is 611 g/mol. The van der Waals surface area contributed by atoms with Crippen LogP contribution in [0.4, 0.5) is 0 Å². The van der Waals surface area contributed by atoms with Crippen LogP contribution in [0.3, 0.4) is 0 Å². The maximum absolute atomic E-state index is 5.58. The van der Waals surface area contributed by atoms with Crippen LogP contribution in [-0.4, -0.2) is 3.21 Å². The van der Waals surface area contributed by atoms with Gasteiger partial charge in [-0.1, -0.05) is 0 Å². The van der Waals surface area contributed by atoms with E-state index in [1.807, 2.05) is 15.7 Å². The van der Waals surface area contributed by atoms with Crippen molar-refractivity contribution in [1.82, 2.24) is 0 Å². The molecule has 0 bridgehead atoms. The first-order valence-corrected chi connectivity index (χ1v) is 18.4. The van der Waals surface area contributed by atoms with Gasteiger partial charge in [0.15, 0.2) is 0 Å². The molecule has 0 atom stereocenters. The molecule has 3 aromatic rings. The molecule has 0 N–H and O–H groups in total. The van der Waals surface area contributed by atoms with Crippen molar-refractivity contribution < 1.29 is 50.5 Å². The van der Waals surface area contributed by atoms with Crippen molar-refractivity contribution in [2.75, 3.05) is 0 Å². The standard InChI is InChI=1S/C21H25.C9H7O.C6H10.2ClH.Zr/c1-20(2,3)16-9-7-14-11-15-8-10-17(21(4,5)6)13-19(15)18(14)12-16;1-2-4-8(3-1)9-5-6-10-7-9;1-2-4-6-5-3-1;;;/h7-13H,1-6H3;1,3,5-7H,2H2;1-5H2;2*1H;/q;;;;;+2/p-2. The van der Waals surface area contributed by atoms with Crippen molar-refractivity contribution in [2.24, 2.45) is 0 Å². The number of fused-ring (bicyclic) bond motifs is 3. The van der Waals surface area contributed by atoms with Crippen LogP contribution in [0.15, 0.2) is 74.8 Å². The van der Waals surface area contributed by atoms with Crippen molar-refractivity contribution in [3.8, 4) is 11.1 Å². The van der Waals surface area contributed by atoms with E-state index >= 15 is 0 Å². The van der Waals surface area contributed by atoms with Crippen LogP contribution in [-0.2, 0) is 32.1 Å². The van der Waals surface area contributed by atoms with Gasteiger partial charge in [-0.3, -0.25) is 0 Å². The van der Waals surface area contributed by atoms with Gasteiger partial charge in [-0.2, -0.15) is 0 Å². The summed E-state index contributed by atoms with van der Waals surface area (Å²) in [6.45, 7) is 14.1. The van der Waals surface area contributed by atoms with Crippen LogP contribution in [0.25, 0.3) is 16.7 Å². The van der Waals surface area contributed by atoms with Gasteiger partial charge in [-0.25, -0.2) is 0 Å². The fraction of sp³-hybridized carbons (Fsp3) is 0.417. The Labute approximate surface area is 261 Å². The third-order valence-corrected chi connectivity index (χ3v) is 17.8. The average molecular weight is 653 g/mol. The molecule has 1 aromatic heterocycles. The van der Waals surface area contributed by atoms with Crippen LogP contribution >= 0.6 is 0 Å². The molecule has 2 aromatic carbocycles. The van der Waals surface area contributed by atoms with E-state index in [4.69, 9.17) is 4.42 Å². The SMILES string of the molecule is CC(C)(C)c1ccc2c(c1)-c1cc(C(C)(C)C)ccc1[CH]2[Zr+2]([C]1=C(c2ccoc2)C=CC1)=[C]1CCCCC1.[Cl-].[Cl-]. The number of halogens is 2. The quantitative estimate of drug-likeness (QED) is 0.416. The van der Waals surface area contributed by atoms with E-state index in [0.29, 0.717) is 3.63 Å². The van der Waals surface area contributed by atoms with Crippen molar-refractivity contribution >= 4 is 8.78 Å². The minimum Gasteiger partial charge on any atom is -1.00 e. The third-order valence-electron chi connectivity index (χ3n) is 8.97. The Kier molecular flexibility index (Phi) is 9.46. The second kappa shape index (κ2) is 12.0. The average Bonchev–Trinajstić information content (AvgIpc) is 3.63. The van der Waals surface area contributed by atoms with E-state index in [2.05, 4.69) is 96.2 Å². The van der Waals surface area contributed by atoms with Crippen LogP contribution in [0.2, 0.25) is 0 Å². The summed E-state index contributed by atoms with van der Waals surface area (Å²) in [5, 5.41) is 0. The molecule has 0 unspecified atom stereocenters. The van der Waals surface area contributed by atoms with Gasteiger partial charge in [0.2, 0.25) is 0 Å². The second-order valence-corrected chi connectivity index (χ2v) is 20.3. The minimum atomic E-state index is -2.33. The molecule has 0 spiro atoms. The van der Waals surface area contributed by atoms with E-state index in [-0.39, 0.29) is 35.6 Å². The van der Waals surface area contributed by atoms with Gasteiger partial charge in [-0.05, 0) is 0 Å². The van der Waals surface area contributed by atoms with E-state index < -0.39 is 21.3 Å². The van der Waals surface area contributed by atoms with Gasteiger partial charge in [0.25, 0.3) is 0 Å². The second-order valence-electron chi connectivity index (χ2n) is 13.6. The Hall–Kier alpha value is -1.47. The molecule has 0 saturated heterocycles. The molecular formula is C36H42Cl2OZr. The molecule has 1 nitrogen and oxygen atoms in total. The van der Waals surface area contributed by atoms with Gasteiger partial charge in [0.05, 0.1) is 0 Å². The molecule has 6 rings (SSSR count). The van der Waals surface area contributed by atoms with Crippen molar-refractivity contribution in [3.05, 3.63) is 98.2 Å². The van der Waals surface area contributed by atoms with Gasteiger partial charge in [0.1, 0.15) is 0 Å². The predicted octanol–water partition coefficient (Wildman–Crippen LogP) is 4.08. The fourth-order valence-corrected chi connectivity index (χ4v) is 16.8. The van der Waals surface area contributed by atoms with Crippen molar-refractivity contribution in [3.63, 3.8) is 0 Å². The van der Waals surface area contributed by atoms with Crippen molar-refractivity contribution in [2.45, 2.75) is 94.5 Å². The molecule has 1 saturated carbocycles. The summed E-state index contributed by atoms with van der Waals surface area (Å²) in [6.07, 6.45) is 16.6. The molecule has 210 valence electrons. The van der Waals surface area contributed by atoms with Crippen molar-refractivity contribution in [1.29, 1.82) is 0 Å². The Bertz CT molecular complexity index is 1400. The zero-order valence-corrected chi connectivity index (χ0v) is 28.8. The summed E-state index contributed by atoms with van der Waals surface area (Å²) >= 11 is -2.33. The van der Waals surface area contributed by atoms with Crippen LogP contribution in [0.1, 0.15) is 112 Å². The number of allylic oxidation sites excluding steroid dienone is 4. The minimum absolute atomic E-state index is 0. The normalized spacial score (nSPS) is 16.7. The summed E-state index contributed by atoms with van der Waals surface area (Å²) in [4.78, 5) is 0. The Balaban J connectivity index is 0.00000185. The van der Waals surface area contributed by atoms with Crippen LogP contribution in [0, 0.1) is 0 Å². The largest absolute Gasteiger partial charge is 1.00 e. The first-order chi connectivity index (χ1) is 18.1. The maximum Gasteiger partial charge on any atom is -1.00 e. The maximum atomic E-state index is 5.58. The van der Waals surface area contributed by atoms with Gasteiger partial charge in [-0.15, -0.1) is 0 Å². The zero-order valence-electron chi connectivity index (χ0n) is 24.8. The van der Waals surface area contributed by atoms with Gasteiger partial charge < -0.3 is 24.8 Å². The molecule has 1 fully saturated rings. The first-order valence-electron chi connectivity index (χ1n) is 14.6. The molecule has 0 radical (unpaired) electrons. The predicted molar refractivity (Wildman–Crippen MR) is 159 cm³/mol. The summed E-state index contributed by atoms with van der Waals surface area (Å²) in [5.74, 6) is 0. The molecule has 0 aliphatic heterocycles. The van der Waals surface area contributed by atoms with E-state index in [1.54, 1.807) is 14.4 Å². The topological polar surface area (TPSA) is 13.1 Å². The summed E-state index contributed by atoms with van der Waals surface area (Å²) in [5.41, 5.74) is 12.1. The number of benzene rings is 2. The molecule has 1 heterocycles. The molecule has 40 heavy (non-hydrogen) atoms. The number of furan rings is 1. The molecule has 0 amide bonds. The smallest absolute Gasteiger partial charge is 1.00 e. The number of hydrogen-bond acceptors (Lipinski definition) is 1. The molecule has 4 heteroatoms. The summed E-state index contributed by atoms with van der Waals surface area (Å²) in [6, 6.07) is 17.2. The van der Waals surface area contributed by atoms with Gasteiger partial charge in [0, 0.05) is 0 Å². The molecule has 3 aliphatic carbocycles. The van der Waals surface area contributed by atoms with E-state index in [1.165, 1.54) is 65.5 Å². The summed E-state index contributed by atoms with van der Waals surface area (Å²) < 4.78 is 9.89. The zero-order chi connectivity index (χ0) is 26.7. The van der Waals surface area contributed by atoms with Gasteiger partial charge >= 0.3 is 238 Å². The Morgan fingerprint density at radius 3 is 1.82 bits per heavy atom. The molecule has 3 aliphatic rings. The fourth-order valence-electron chi connectivity index (χ4n) is 6.78. The summed E-state index contributed by atoms with van der Waals surface area (Å²) in [7, 11) is 0. The Morgan fingerprint density at radius 1 is 0.750 bits per heavy atom. The third kappa shape index (κ3) is 5.75. The number of rotatable bonds is 3. The Morgan fingerprint density at radius 2 is 1.32 bits per heavy atom. The van der Waals surface area contributed by atoms with Crippen LogP contribution < -0.4 is 24.8 Å².